The van der Waals surface area contributed by atoms with E-state index in [1.807, 2.05) is 29.7 Å². The molecule has 0 aromatic carbocycles. The van der Waals surface area contributed by atoms with Crippen molar-refractivity contribution in [2.24, 2.45) is 5.73 Å². The van der Waals surface area contributed by atoms with E-state index in [0.717, 1.165) is 21.5 Å². The maximum absolute atomic E-state index is 8.98. The van der Waals surface area contributed by atoms with Crippen LogP contribution in [0.4, 0.5) is 0 Å². The van der Waals surface area contributed by atoms with E-state index in [-0.39, 0.29) is 12.6 Å². The second-order valence-corrected chi connectivity index (χ2v) is 4.21. The zero-order valence-electron chi connectivity index (χ0n) is 8.31. The van der Waals surface area contributed by atoms with Crippen LogP contribution in [0.2, 0.25) is 0 Å². The first-order chi connectivity index (χ1) is 7.13. The number of rotatable bonds is 2. The van der Waals surface area contributed by atoms with Crippen LogP contribution in [0.25, 0.3) is 5.52 Å². The maximum Gasteiger partial charge on any atom is 0.132 e. The first-order valence-electron chi connectivity index (χ1n) is 4.64. The third-order valence-corrected chi connectivity index (χ3v) is 3.01. The van der Waals surface area contributed by atoms with Crippen LogP contribution < -0.4 is 5.73 Å². The first kappa shape index (κ1) is 10.6. The van der Waals surface area contributed by atoms with E-state index in [1.165, 1.54) is 0 Å². The second-order valence-electron chi connectivity index (χ2n) is 3.45. The highest BCUT2D eigenvalue weighted by Crippen LogP contribution is 2.21. The predicted molar refractivity (Wildman–Crippen MR) is 61.6 cm³/mol. The average Bonchev–Trinajstić information content (AvgIpc) is 2.53. The van der Waals surface area contributed by atoms with Gasteiger partial charge in [0.25, 0.3) is 0 Å². The minimum absolute atomic E-state index is 0.0547. The predicted octanol–water partition coefficient (Wildman–Crippen LogP) is 1.40. The zero-order chi connectivity index (χ0) is 11.0. The summed E-state index contributed by atoms with van der Waals surface area (Å²) < 4.78 is 2.77. The Morgan fingerprint density at radius 2 is 2.40 bits per heavy atom. The van der Waals surface area contributed by atoms with Gasteiger partial charge in [-0.15, -0.1) is 0 Å². The molecule has 0 aliphatic rings. The quantitative estimate of drug-likeness (QED) is 0.867. The highest BCUT2D eigenvalue weighted by molar-refractivity contribution is 9.10. The van der Waals surface area contributed by atoms with Crippen LogP contribution >= 0.6 is 15.9 Å². The number of pyridine rings is 1. The van der Waals surface area contributed by atoms with Gasteiger partial charge < -0.3 is 15.2 Å². The van der Waals surface area contributed by atoms with Crippen molar-refractivity contribution in [3.63, 3.8) is 0 Å². The van der Waals surface area contributed by atoms with Crippen LogP contribution in [0, 0.1) is 6.92 Å². The summed E-state index contributed by atoms with van der Waals surface area (Å²) in [5, 5.41) is 8.98. The van der Waals surface area contributed by atoms with Gasteiger partial charge in [0.2, 0.25) is 0 Å². The van der Waals surface area contributed by atoms with Crippen molar-refractivity contribution in [1.82, 2.24) is 9.38 Å². The molecular formula is C10H12BrN3O. The number of hydrogen-bond acceptors (Lipinski definition) is 3. The number of nitrogens with zero attached hydrogens (tertiary/aromatic N) is 2. The molecule has 1 unspecified atom stereocenters. The Hall–Kier alpha value is -0.910. The highest BCUT2D eigenvalue weighted by atomic mass is 79.9. The van der Waals surface area contributed by atoms with Crippen LogP contribution in [-0.2, 0) is 0 Å². The third-order valence-electron chi connectivity index (χ3n) is 2.42. The minimum Gasteiger partial charge on any atom is -0.394 e. The molecule has 1 atom stereocenters. The van der Waals surface area contributed by atoms with E-state index in [9.17, 15) is 0 Å². The second kappa shape index (κ2) is 3.92. The number of hydrogen-bond donors (Lipinski definition) is 2. The molecule has 2 rings (SSSR count). The molecule has 0 spiro atoms. The summed E-state index contributed by atoms with van der Waals surface area (Å²) in [6.45, 7) is 1.88. The van der Waals surface area contributed by atoms with Gasteiger partial charge in [0.15, 0.2) is 0 Å². The Labute approximate surface area is 95.9 Å². The zero-order valence-corrected chi connectivity index (χ0v) is 9.90. The molecule has 2 aromatic rings. The molecule has 0 aliphatic carbocycles. The summed E-state index contributed by atoms with van der Waals surface area (Å²) >= 11 is 3.39. The maximum atomic E-state index is 8.98. The molecule has 0 aliphatic heterocycles. The van der Waals surface area contributed by atoms with E-state index in [2.05, 4.69) is 20.9 Å². The summed E-state index contributed by atoms with van der Waals surface area (Å²) in [4.78, 5) is 4.29. The van der Waals surface area contributed by atoms with Gasteiger partial charge in [0, 0.05) is 6.20 Å². The van der Waals surface area contributed by atoms with Crippen LogP contribution in [-0.4, -0.2) is 21.1 Å². The average molecular weight is 270 g/mol. The number of nitrogens with two attached hydrogens (primary N) is 1. The fourth-order valence-electron chi connectivity index (χ4n) is 1.55. The first-order valence-corrected chi connectivity index (χ1v) is 5.43. The molecule has 0 radical (unpaired) electrons. The number of aromatic nitrogens is 2. The SMILES string of the molecule is Cc1nc(Br)c2cc(C(N)CO)ccn12. The molecule has 15 heavy (non-hydrogen) atoms. The van der Waals surface area contributed by atoms with Crippen molar-refractivity contribution in [1.29, 1.82) is 0 Å². The van der Waals surface area contributed by atoms with Crippen LogP contribution in [0.5, 0.6) is 0 Å². The molecule has 0 saturated heterocycles. The van der Waals surface area contributed by atoms with Crippen molar-refractivity contribution in [2.45, 2.75) is 13.0 Å². The lowest BCUT2D eigenvalue weighted by Crippen LogP contribution is -2.14. The van der Waals surface area contributed by atoms with E-state index in [0.29, 0.717) is 0 Å². The Morgan fingerprint density at radius 3 is 3.07 bits per heavy atom. The van der Waals surface area contributed by atoms with Crippen LogP contribution in [0.3, 0.4) is 0 Å². The topological polar surface area (TPSA) is 63.5 Å². The molecule has 80 valence electrons. The van der Waals surface area contributed by atoms with Crippen molar-refractivity contribution in [3.05, 3.63) is 34.3 Å². The van der Waals surface area contributed by atoms with E-state index in [4.69, 9.17) is 10.8 Å². The van der Waals surface area contributed by atoms with Gasteiger partial charge in [0.05, 0.1) is 18.2 Å². The number of halogens is 1. The number of imidazole rings is 1. The largest absolute Gasteiger partial charge is 0.394 e. The van der Waals surface area contributed by atoms with Crippen molar-refractivity contribution in [2.75, 3.05) is 6.61 Å². The molecule has 2 heterocycles. The summed E-state index contributed by atoms with van der Waals surface area (Å²) in [6.07, 6.45) is 1.91. The molecule has 2 aromatic heterocycles. The van der Waals surface area contributed by atoms with Gasteiger partial charge in [-0.05, 0) is 40.5 Å². The van der Waals surface area contributed by atoms with E-state index in [1.54, 1.807) is 0 Å². The normalized spacial score (nSPS) is 13.3. The molecule has 0 bridgehead atoms. The smallest absolute Gasteiger partial charge is 0.132 e. The van der Waals surface area contributed by atoms with Crippen LogP contribution in [0.15, 0.2) is 22.9 Å². The highest BCUT2D eigenvalue weighted by Gasteiger charge is 2.09. The standard InChI is InChI=1S/C10H12BrN3O/c1-6-13-10(11)9-4-7(8(12)5-15)2-3-14(6)9/h2-4,8,15H,5,12H2,1H3. The Morgan fingerprint density at radius 1 is 1.67 bits per heavy atom. The van der Waals surface area contributed by atoms with Gasteiger partial charge in [-0.3, -0.25) is 0 Å². The molecule has 5 heteroatoms. The molecule has 4 nitrogen and oxygen atoms in total. The summed E-state index contributed by atoms with van der Waals surface area (Å²) in [6, 6.07) is 3.50. The van der Waals surface area contributed by atoms with Crippen molar-refractivity contribution < 1.29 is 5.11 Å². The van der Waals surface area contributed by atoms with Gasteiger partial charge in [-0.25, -0.2) is 4.98 Å². The number of aliphatic hydroxyl groups excluding tert-OH is 1. The Balaban J connectivity index is 2.60. The molecule has 3 N–H and O–H groups in total. The lowest BCUT2D eigenvalue weighted by atomic mass is 10.1. The van der Waals surface area contributed by atoms with Crippen LogP contribution in [0.1, 0.15) is 17.4 Å². The molecule has 0 amide bonds. The lowest BCUT2D eigenvalue weighted by Gasteiger charge is -2.08. The monoisotopic (exact) mass is 269 g/mol. The van der Waals surface area contributed by atoms with Gasteiger partial charge in [-0.2, -0.15) is 0 Å². The van der Waals surface area contributed by atoms with Crippen molar-refractivity contribution >= 4 is 21.4 Å². The molecule has 0 saturated carbocycles. The number of aliphatic hydroxyl groups is 1. The van der Waals surface area contributed by atoms with E-state index < -0.39 is 0 Å². The van der Waals surface area contributed by atoms with Gasteiger partial charge >= 0.3 is 0 Å². The van der Waals surface area contributed by atoms with Crippen molar-refractivity contribution in [3.8, 4) is 0 Å². The van der Waals surface area contributed by atoms with Gasteiger partial charge in [0.1, 0.15) is 10.4 Å². The Kier molecular flexibility index (Phi) is 2.77. The number of aryl methyl sites for hydroxylation is 1. The summed E-state index contributed by atoms with van der Waals surface area (Å²) in [5.41, 5.74) is 7.62. The molecular weight excluding hydrogens is 258 g/mol. The Bertz CT molecular complexity index is 495. The summed E-state index contributed by atoms with van der Waals surface area (Å²) in [5.74, 6) is 0.918. The van der Waals surface area contributed by atoms with Gasteiger partial charge in [-0.1, -0.05) is 0 Å². The lowest BCUT2D eigenvalue weighted by molar-refractivity contribution is 0.268. The third kappa shape index (κ3) is 1.78. The number of fused-ring (bicyclic) bond motifs is 1. The fraction of sp³-hybridized carbons (Fsp3) is 0.300. The fourth-order valence-corrected chi connectivity index (χ4v) is 2.11. The summed E-state index contributed by atoms with van der Waals surface area (Å²) in [7, 11) is 0. The van der Waals surface area contributed by atoms with E-state index >= 15 is 0 Å². The minimum atomic E-state index is -0.336. The molecule has 0 fully saturated rings.